The number of halogens is 6. The smallest absolute Gasteiger partial charge is 0.416 e. The van der Waals surface area contributed by atoms with Crippen LogP contribution >= 0.6 is 11.6 Å². The molecule has 1 atom stereocenters. The number of amides is 2. The van der Waals surface area contributed by atoms with Crippen molar-refractivity contribution in [3.8, 4) is 0 Å². The second-order valence-electron chi connectivity index (χ2n) is 9.92. The van der Waals surface area contributed by atoms with Crippen LogP contribution in [0.25, 0.3) is 5.65 Å². The molecule has 2 heterocycles. The molecule has 0 saturated carbocycles. The number of pyridine rings is 1. The largest absolute Gasteiger partial charge is 0.432 e. The highest BCUT2D eigenvalue weighted by atomic mass is 35.5. The van der Waals surface area contributed by atoms with Crippen molar-refractivity contribution < 1.29 is 36.3 Å². The van der Waals surface area contributed by atoms with Gasteiger partial charge in [-0.25, -0.2) is 18.6 Å². The molecule has 0 aliphatic carbocycles. The van der Waals surface area contributed by atoms with Gasteiger partial charge < -0.3 is 20.2 Å². The zero-order chi connectivity index (χ0) is 29.6. The molecule has 0 spiro atoms. The molecule has 3 N–H and O–H groups in total. The van der Waals surface area contributed by atoms with Gasteiger partial charge in [-0.1, -0.05) is 32.4 Å². The molecular formula is C27H22ClF5N4O3. The number of carbonyl (C=O) groups excluding carboxylic acids is 2. The number of fused-ring (bicyclic) bond motifs is 1. The number of ether oxygens (including phenoxy) is 1. The molecule has 1 unspecified atom stereocenters. The molecule has 2 amide bonds. The summed E-state index contributed by atoms with van der Waals surface area (Å²) in [5.41, 5.74) is 0.276. The number of hydrogen-bond donors (Lipinski definition) is 2. The molecule has 0 radical (unpaired) electrons. The van der Waals surface area contributed by atoms with Crippen molar-refractivity contribution in [1.82, 2.24) is 9.38 Å². The average molecular weight is 581 g/mol. The van der Waals surface area contributed by atoms with E-state index in [2.05, 4.69) is 10.3 Å². The highest BCUT2D eigenvalue weighted by Crippen LogP contribution is 2.53. The first-order chi connectivity index (χ1) is 18.5. The number of aromatic nitrogens is 2. The van der Waals surface area contributed by atoms with E-state index in [0.717, 1.165) is 12.1 Å². The van der Waals surface area contributed by atoms with Gasteiger partial charge >= 0.3 is 12.3 Å². The predicted molar refractivity (Wildman–Crippen MR) is 137 cm³/mol. The van der Waals surface area contributed by atoms with Crippen LogP contribution in [0, 0.1) is 17.0 Å². The van der Waals surface area contributed by atoms with Gasteiger partial charge in [0.15, 0.2) is 5.60 Å². The Morgan fingerprint density at radius 2 is 1.70 bits per heavy atom. The summed E-state index contributed by atoms with van der Waals surface area (Å²) >= 11 is 6.51. The molecule has 4 rings (SSSR count). The van der Waals surface area contributed by atoms with Crippen LogP contribution in [0.4, 0.5) is 32.4 Å². The van der Waals surface area contributed by atoms with Crippen LogP contribution < -0.4 is 11.1 Å². The van der Waals surface area contributed by atoms with Gasteiger partial charge in [-0.05, 0) is 42.5 Å². The number of imidazole rings is 1. The molecule has 0 bridgehead atoms. The van der Waals surface area contributed by atoms with Gasteiger partial charge in [0.2, 0.25) is 0 Å². The summed E-state index contributed by atoms with van der Waals surface area (Å²) < 4.78 is 75.9. The Morgan fingerprint density at radius 1 is 1.00 bits per heavy atom. The van der Waals surface area contributed by atoms with Crippen molar-refractivity contribution in [2.24, 2.45) is 11.1 Å². The van der Waals surface area contributed by atoms with Crippen molar-refractivity contribution >= 4 is 34.9 Å². The van der Waals surface area contributed by atoms with Gasteiger partial charge in [0.05, 0.1) is 16.8 Å². The van der Waals surface area contributed by atoms with Crippen molar-refractivity contribution in [2.75, 3.05) is 5.32 Å². The number of carbonyl (C=O) groups is 2. The first-order valence-electron chi connectivity index (χ1n) is 11.6. The van der Waals surface area contributed by atoms with Gasteiger partial charge in [0.25, 0.3) is 5.91 Å². The lowest BCUT2D eigenvalue weighted by molar-refractivity contribution is -0.137. The topological polar surface area (TPSA) is 98.7 Å². The fourth-order valence-electron chi connectivity index (χ4n) is 4.61. The van der Waals surface area contributed by atoms with Gasteiger partial charge in [0.1, 0.15) is 17.3 Å². The highest BCUT2D eigenvalue weighted by molar-refractivity contribution is 6.31. The molecule has 2 aromatic carbocycles. The SMILES string of the molecule is CC(C)(C)C(OC(N)=O)(c1cc(F)ccc1Cl)c1c(NC(=O)c2cc(F)cc(C(F)(F)F)c2)ccn2ccnc12. The van der Waals surface area contributed by atoms with Gasteiger partial charge in [-0.15, -0.1) is 0 Å². The molecule has 7 nitrogen and oxygen atoms in total. The van der Waals surface area contributed by atoms with Gasteiger partial charge in [0, 0.05) is 40.2 Å². The Hall–Kier alpha value is -4.19. The molecule has 0 saturated heterocycles. The molecule has 0 fully saturated rings. The van der Waals surface area contributed by atoms with E-state index >= 15 is 0 Å². The Morgan fingerprint density at radius 3 is 2.33 bits per heavy atom. The van der Waals surface area contributed by atoms with Crippen LogP contribution in [0.3, 0.4) is 0 Å². The number of rotatable bonds is 5. The molecule has 2 aromatic heterocycles. The van der Waals surface area contributed by atoms with E-state index in [4.69, 9.17) is 22.1 Å². The van der Waals surface area contributed by atoms with E-state index in [1.54, 1.807) is 20.8 Å². The molecule has 40 heavy (non-hydrogen) atoms. The lowest BCUT2D eigenvalue weighted by Crippen LogP contribution is -2.47. The summed E-state index contributed by atoms with van der Waals surface area (Å²) in [5.74, 6) is -3.13. The Labute approximate surface area is 229 Å². The molecule has 4 aromatic rings. The lowest BCUT2D eigenvalue weighted by atomic mass is 9.67. The van der Waals surface area contributed by atoms with Crippen molar-refractivity contribution in [1.29, 1.82) is 0 Å². The monoisotopic (exact) mass is 580 g/mol. The van der Waals surface area contributed by atoms with E-state index in [-0.39, 0.29) is 33.6 Å². The fourth-order valence-corrected chi connectivity index (χ4v) is 4.86. The third-order valence-electron chi connectivity index (χ3n) is 6.27. The maximum absolute atomic E-state index is 14.6. The summed E-state index contributed by atoms with van der Waals surface area (Å²) in [6.07, 6.45) is -1.78. The summed E-state index contributed by atoms with van der Waals surface area (Å²) in [6, 6.07) is 6.12. The first kappa shape index (κ1) is 28.8. The van der Waals surface area contributed by atoms with Crippen LogP contribution in [-0.4, -0.2) is 21.4 Å². The Balaban J connectivity index is 2.03. The number of nitrogens with two attached hydrogens (primary N) is 1. The van der Waals surface area contributed by atoms with Crippen LogP contribution in [0.1, 0.15) is 47.8 Å². The van der Waals surface area contributed by atoms with Gasteiger partial charge in [-0.2, -0.15) is 13.2 Å². The van der Waals surface area contributed by atoms with E-state index in [0.29, 0.717) is 12.1 Å². The van der Waals surface area contributed by atoms with E-state index in [9.17, 15) is 31.5 Å². The van der Waals surface area contributed by atoms with Crippen LogP contribution in [0.15, 0.2) is 61.1 Å². The maximum Gasteiger partial charge on any atom is 0.416 e. The van der Waals surface area contributed by atoms with Crippen LogP contribution in [-0.2, 0) is 16.5 Å². The second-order valence-corrected chi connectivity index (χ2v) is 10.3. The summed E-state index contributed by atoms with van der Waals surface area (Å²) in [7, 11) is 0. The third-order valence-corrected chi connectivity index (χ3v) is 6.60. The van der Waals surface area contributed by atoms with E-state index in [1.165, 1.54) is 35.1 Å². The number of nitrogens with zero attached hydrogens (tertiary/aromatic N) is 2. The molecular weight excluding hydrogens is 559 g/mol. The lowest BCUT2D eigenvalue weighted by Gasteiger charge is -2.45. The number of benzene rings is 2. The molecule has 0 aliphatic rings. The zero-order valence-corrected chi connectivity index (χ0v) is 22.0. The van der Waals surface area contributed by atoms with Gasteiger partial charge in [-0.3, -0.25) is 4.79 Å². The standard InChI is InChI=1S/C27H22ClF5N4O3/c1-25(2,3)26(40-24(34)39,18-13-16(29)4-5-19(18)28)21-20(6-8-37-9-7-35-22(21)37)36-23(38)14-10-15(27(31,32)33)12-17(30)11-14/h4-13H,1-3H3,(H2,34,39)(H,36,38). The van der Waals surface area contributed by atoms with Crippen LogP contribution in [0.5, 0.6) is 0 Å². The van der Waals surface area contributed by atoms with Crippen molar-refractivity contribution in [2.45, 2.75) is 32.5 Å². The number of primary amides is 1. The second kappa shape index (κ2) is 10.1. The third kappa shape index (κ3) is 5.18. The fraction of sp³-hybridized carbons (Fsp3) is 0.222. The number of anilines is 1. The highest BCUT2D eigenvalue weighted by Gasteiger charge is 2.53. The van der Waals surface area contributed by atoms with Crippen molar-refractivity contribution in [3.05, 3.63) is 100.0 Å². The Kier molecular flexibility index (Phi) is 7.26. The normalized spacial score (nSPS) is 13.6. The predicted octanol–water partition coefficient (Wildman–Crippen LogP) is 6.92. The zero-order valence-electron chi connectivity index (χ0n) is 21.2. The quantitative estimate of drug-likeness (QED) is 0.250. The summed E-state index contributed by atoms with van der Waals surface area (Å²) in [4.78, 5) is 30.0. The van der Waals surface area contributed by atoms with Crippen molar-refractivity contribution in [3.63, 3.8) is 0 Å². The molecule has 0 aliphatic heterocycles. The molecule has 210 valence electrons. The minimum atomic E-state index is -4.91. The first-order valence-corrected chi connectivity index (χ1v) is 12.0. The molecule has 13 heteroatoms. The minimum Gasteiger partial charge on any atom is -0.432 e. The Bertz CT molecular complexity index is 1630. The van der Waals surface area contributed by atoms with E-state index < -0.39 is 52.0 Å². The maximum atomic E-state index is 14.6. The minimum absolute atomic E-state index is 0.0143. The summed E-state index contributed by atoms with van der Waals surface area (Å²) in [5, 5.41) is 2.45. The number of hydrogen-bond acceptors (Lipinski definition) is 4. The van der Waals surface area contributed by atoms with Crippen LogP contribution in [0.2, 0.25) is 5.02 Å². The number of nitrogens with one attached hydrogen (secondary N) is 1. The van der Waals surface area contributed by atoms with E-state index in [1.807, 2.05) is 0 Å². The number of alkyl halides is 3. The summed E-state index contributed by atoms with van der Waals surface area (Å²) in [6.45, 7) is 4.91. The average Bonchev–Trinajstić information content (AvgIpc) is 3.31.